The molecule has 0 atom stereocenters. The van der Waals surface area contributed by atoms with E-state index in [9.17, 15) is 14.4 Å². The quantitative estimate of drug-likeness (QED) is 0.525. The Morgan fingerprint density at radius 2 is 1.58 bits per heavy atom. The predicted molar refractivity (Wildman–Crippen MR) is 119 cm³/mol. The van der Waals surface area contributed by atoms with Crippen LogP contribution in [-0.4, -0.2) is 33.7 Å². The monoisotopic (exact) mass is 412 g/mol. The zero-order chi connectivity index (χ0) is 21.8. The molecule has 0 bridgehead atoms. The second-order valence-corrected chi connectivity index (χ2v) is 7.09. The van der Waals surface area contributed by atoms with Crippen LogP contribution in [0.4, 0.5) is 5.69 Å². The van der Waals surface area contributed by atoms with Gasteiger partial charge in [-0.05, 0) is 48.5 Å². The van der Waals surface area contributed by atoms with Crippen LogP contribution >= 0.6 is 0 Å². The van der Waals surface area contributed by atoms with Gasteiger partial charge in [-0.3, -0.25) is 14.4 Å². The number of hydrogen-bond donors (Lipinski definition) is 2. The van der Waals surface area contributed by atoms with Crippen LogP contribution in [0.3, 0.4) is 0 Å². The van der Waals surface area contributed by atoms with Crippen LogP contribution in [0.15, 0.2) is 83.7 Å². The molecule has 0 unspecified atom stereocenters. The average Bonchev–Trinajstić information content (AvgIpc) is 2.79. The van der Waals surface area contributed by atoms with Gasteiger partial charge in [0.15, 0.2) is 0 Å². The summed E-state index contributed by atoms with van der Waals surface area (Å²) in [4.78, 5) is 45.9. The summed E-state index contributed by atoms with van der Waals surface area (Å²) in [5.74, 6) is -0.0360. The van der Waals surface area contributed by atoms with Gasteiger partial charge in [-0.1, -0.05) is 30.3 Å². The third kappa shape index (κ3) is 4.51. The molecule has 0 radical (unpaired) electrons. The summed E-state index contributed by atoms with van der Waals surface area (Å²) in [5.41, 5.74) is 1.96. The van der Waals surface area contributed by atoms with Crippen LogP contribution in [0.1, 0.15) is 26.5 Å². The molecule has 1 heterocycles. The number of rotatable bonds is 5. The second-order valence-electron chi connectivity index (χ2n) is 7.09. The number of nitrogens with one attached hydrogen (secondary N) is 2. The van der Waals surface area contributed by atoms with E-state index in [1.807, 2.05) is 12.1 Å². The molecule has 0 saturated carbocycles. The average molecular weight is 412 g/mol. The second kappa shape index (κ2) is 8.62. The molecule has 154 valence electrons. The number of aromatic nitrogens is 2. The molecule has 0 fully saturated rings. The zero-order valence-electron chi connectivity index (χ0n) is 16.8. The number of H-pyrrole nitrogens is 1. The van der Waals surface area contributed by atoms with Crippen molar-refractivity contribution >= 4 is 28.4 Å². The van der Waals surface area contributed by atoms with Crippen LogP contribution in [0.5, 0.6) is 0 Å². The first-order valence-corrected chi connectivity index (χ1v) is 9.71. The molecule has 3 aromatic carbocycles. The molecule has 0 aliphatic heterocycles. The molecule has 2 amide bonds. The number of anilines is 1. The highest BCUT2D eigenvalue weighted by molar-refractivity contribution is 6.04. The Kier molecular flexibility index (Phi) is 5.57. The van der Waals surface area contributed by atoms with E-state index >= 15 is 0 Å². The first-order chi connectivity index (χ1) is 15.0. The molecule has 0 spiro atoms. The van der Waals surface area contributed by atoms with Crippen molar-refractivity contribution in [2.75, 3.05) is 12.4 Å². The Balaban J connectivity index is 1.44. The summed E-state index contributed by atoms with van der Waals surface area (Å²) in [6.45, 7) is 0.158. The first-order valence-electron chi connectivity index (χ1n) is 9.71. The smallest absolute Gasteiger partial charge is 0.258 e. The Morgan fingerprint density at radius 3 is 2.32 bits per heavy atom. The lowest BCUT2D eigenvalue weighted by Crippen LogP contribution is -2.28. The lowest BCUT2D eigenvalue weighted by Gasteiger charge is -2.17. The van der Waals surface area contributed by atoms with Gasteiger partial charge in [0, 0.05) is 23.9 Å². The predicted octanol–water partition coefficient (Wildman–Crippen LogP) is 3.45. The maximum Gasteiger partial charge on any atom is 0.258 e. The summed E-state index contributed by atoms with van der Waals surface area (Å²) >= 11 is 0. The Morgan fingerprint density at radius 1 is 0.903 bits per heavy atom. The van der Waals surface area contributed by atoms with Gasteiger partial charge in [0.25, 0.3) is 17.4 Å². The summed E-state index contributed by atoms with van der Waals surface area (Å²) < 4.78 is 0. The molecule has 0 aliphatic carbocycles. The van der Waals surface area contributed by atoms with Gasteiger partial charge in [-0.15, -0.1) is 0 Å². The van der Waals surface area contributed by atoms with Crippen molar-refractivity contribution in [1.82, 2.24) is 14.9 Å². The summed E-state index contributed by atoms with van der Waals surface area (Å²) in [7, 11) is 1.64. The van der Waals surface area contributed by atoms with E-state index in [0.29, 0.717) is 33.5 Å². The fourth-order valence-corrected chi connectivity index (χ4v) is 3.22. The largest absolute Gasteiger partial charge is 0.334 e. The van der Waals surface area contributed by atoms with Crippen LogP contribution in [0, 0.1) is 0 Å². The van der Waals surface area contributed by atoms with E-state index in [4.69, 9.17) is 0 Å². The number of amides is 2. The van der Waals surface area contributed by atoms with Crippen LogP contribution < -0.4 is 10.9 Å². The molecule has 31 heavy (non-hydrogen) atoms. The molecule has 7 heteroatoms. The molecule has 0 aliphatic rings. The fourth-order valence-electron chi connectivity index (χ4n) is 3.22. The number of para-hydroxylation sites is 1. The molecule has 0 saturated heterocycles. The van der Waals surface area contributed by atoms with Crippen molar-refractivity contribution in [2.45, 2.75) is 6.54 Å². The molecule has 7 nitrogen and oxygen atoms in total. The Labute approximate surface area is 178 Å². The fraction of sp³-hybridized carbons (Fsp3) is 0.0833. The Hall–Kier alpha value is -4.26. The van der Waals surface area contributed by atoms with Gasteiger partial charge in [0.05, 0.1) is 17.4 Å². The van der Waals surface area contributed by atoms with Crippen molar-refractivity contribution in [3.8, 4) is 0 Å². The van der Waals surface area contributed by atoms with Crippen molar-refractivity contribution in [2.24, 2.45) is 0 Å². The van der Waals surface area contributed by atoms with E-state index in [2.05, 4.69) is 15.3 Å². The standard InChI is InChI=1S/C24H20N4O3/c1-28(15-21-26-20-10-6-5-9-19(20)23(30)27-21)24(31)17-11-13-18(14-12-17)25-22(29)16-7-3-2-4-8-16/h2-14H,15H2,1H3,(H,25,29)(H,26,27,30). The highest BCUT2D eigenvalue weighted by Crippen LogP contribution is 2.14. The lowest BCUT2D eigenvalue weighted by molar-refractivity contribution is 0.0781. The van der Waals surface area contributed by atoms with E-state index in [1.165, 1.54) is 4.90 Å². The van der Waals surface area contributed by atoms with E-state index < -0.39 is 0 Å². The number of fused-ring (bicyclic) bond motifs is 1. The number of carbonyl (C=O) groups is 2. The van der Waals surface area contributed by atoms with Gasteiger partial charge >= 0.3 is 0 Å². The van der Waals surface area contributed by atoms with Crippen molar-refractivity contribution in [3.63, 3.8) is 0 Å². The zero-order valence-corrected chi connectivity index (χ0v) is 16.8. The van der Waals surface area contributed by atoms with Crippen molar-refractivity contribution in [3.05, 3.63) is 106 Å². The lowest BCUT2D eigenvalue weighted by atomic mass is 10.1. The van der Waals surface area contributed by atoms with E-state index in [-0.39, 0.29) is 23.9 Å². The molecular formula is C24H20N4O3. The minimum absolute atomic E-state index is 0.158. The summed E-state index contributed by atoms with van der Waals surface area (Å²) in [6, 6.07) is 22.6. The molecule has 4 rings (SSSR count). The summed E-state index contributed by atoms with van der Waals surface area (Å²) in [6.07, 6.45) is 0. The number of hydrogen-bond acceptors (Lipinski definition) is 4. The highest BCUT2D eigenvalue weighted by Gasteiger charge is 2.14. The van der Waals surface area contributed by atoms with Gasteiger partial charge in [0.1, 0.15) is 5.82 Å². The van der Waals surface area contributed by atoms with E-state index in [0.717, 1.165) is 0 Å². The Bertz CT molecular complexity index is 1300. The van der Waals surface area contributed by atoms with Crippen LogP contribution in [0.2, 0.25) is 0 Å². The maximum atomic E-state index is 12.8. The SMILES string of the molecule is CN(Cc1nc2ccccc2c(=O)[nH]1)C(=O)c1ccc(NC(=O)c2ccccc2)cc1. The molecule has 2 N–H and O–H groups in total. The van der Waals surface area contributed by atoms with Gasteiger partial charge in [-0.2, -0.15) is 0 Å². The van der Waals surface area contributed by atoms with Gasteiger partial charge < -0.3 is 15.2 Å². The van der Waals surface area contributed by atoms with E-state index in [1.54, 1.807) is 73.8 Å². The normalized spacial score (nSPS) is 10.6. The highest BCUT2D eigenvalue weighted by atomic mass is 16.2. The molecular weight excluding hydrogens is 392 g/mol. The van der Waals surface area contributed by atoms with Gasteiger partial charge in [0.2, 0.25) is 0 Å². The number of nitrogens with zero attached hydrogens (tertiary/aromatic N) is 2. The summed E-state index contributed by atoms with van der Waals surface area (Å²) in [5, 5.41) is 3.31. The molecule has 4 aromatic rings. The third-order valence-corrected chi connectivity index (χ3v) is 4.82. The minimum atomic E-state index is -0.236. The maximum absolute atomic E-state index is 12.8. The first kappa shape index (κ1) is 20.0. The van der Waals surface area contributed by atoms with Crippen molar-refractivity contribution in [1.29, 1.82) is 0 Å². The number of carbonyl (C=O) groups excluding carboxylic acids is 2. The topological polar surface area (TPSA) is 95.2 Å². The van der Waals surface area contributed by atoms with Crippen LogP contribution in [0.25, 0.3) is 10.9 Å². The van der Waals surface area contributed by atoms with Crippen LogP contribution in [-0.2, 0) is 6.54 Å². The van der Waals surface area contributed by atoms with Gasteiger partial charge in [-0.25, -0.2) is 4.98 Å². The third-order valence-electron chi connectivity index (χ3n) is 4.82. The van der Waals surface area contributed by atoms with Crippen molar-refractivity contribution < 1.29 is 9.59 Å². The molecule has 1 aromatic heterocycles. The minimum Gasteiger partial charge on any atom is -0.334 e. The number of benzene rings is 3. The number of aromatic amines is 1.